The lowest BCUT2D eigenvalue weighted by Gasteiger charge is -2.27. The van der Waals surface area contributed by atoms with Crippen molar-refractivity contribution in [2.45, 2.75) is 75.7 Å². The van der Waals surface area contributed by atoms with Gasteiger partial charge in [0, 0.05) is 23.8 Å². The zero-order valence-electron chi connectivity index (χ0n) is 18.3. The largest absolute Gasteiger partial charge is 0.416 e. The monoisotopic (exact) mass is 459 g/mol. The molecule has 2 aliphatic rings. The summed E-state index contributed by atoms with van der Waals surface area (Å²) >= 11 is 0. The van der Waals surface area contributed by atoms with Crippen LogP contribution in [0.15, 0.2) is 30.6 Å². The average molecular weight is 460 g/mol. The van der Waals surface area contributed by atoms with Gasteiger partial charge in [0.05, 0.1) is 11.9 Å². The van der Waals surface area contributed by atoms with Crippen LogP contribution >= 0.6 is 0 Å². The minimum Gasteiger partial charge on any atom is -0.351 e. The molecule has 2 heterocycles. The number of nitrogens with one attached hydrogen (secondary N) is 2. The van der Waals surface area contributed by atoms with E-state index in [1.807, 2.05) is 0 Å². The Morgan fingerprint density at radius 2 is 1.64 bits per heavy atom. The zero-order valence-corrected chi connectivity index (χ0v) is 18.3. The molecular formula is C23H28F3N7. The molecule has 0 amide bonds. The Labute approximate surface area is 190 Å². The maximum absolute atomic E-state index is 12.9. The summed E-state index contributed by atoms with van der Waals surface area (Å²) in [5, 5.41) is 6.61. The van der Waals surface area contributed by atoms with Gasteiger partial charge in [0.1, 0.15) is 0 Å². The SMILES string of the molecule is NC1CCC(Nc2nc(Nc3ccc(C(F)(F)F)cc3)c3ncn(C4CCCC4)c3n2)CC1. The molecular weight excluding hydrogens is 431 g/mol. The molecule has 2 fully saturated rings. The Kier molecular flexibility index (Phi) is 5.86. The van der Waals surface area contributed by atoms with Gasteiger partial charge in [0.25, 0.3) is 0 Å². The van der Waals surface area contributed by atoms with Crippen LogP contribution in [0, 0.1) is 0 Å². The number of hydrogen-bond donors (Lipinski definition) is 3. The van der Waals surface area contributed by atoms with Crippen molar-refractivity contribution in [3.8, 4) is 0 Å². The lowest BCUT2D eigenvalue weighted by Crippen LogP contribution is -2.33. The number of fused-ring (bicyclic) bond motifs is 1. The molecule has 33 heavy (non-hydrogen) atoms. The summed E-state index contributed by atoms with van der Waals surface area (Å²) in [7, 11) is 0. The Bertz CT molecular complexity index is 1100. The van der Waals surface area contributed by atoms with Gasteiger partial charge in [-0.25, -0.2) is 4.98 Å². The van der Waals surface area contributed by atoms with Crippen LogP contribution in [0.4, 0.5) is 30.6 Å². The van der Waals surface area contributed by atoms with Crippen LogP contribution in [-0.4, -0.2) is 31.6 Å². The third-order valence-corrected chi connectivity index (χ3v) is 6.72. The van der Waals surface area contributed by atoms with Crippen molar-refractivity contribution in [3.05, 3.63) is 36.2 Å². The van der Waals surface area contributed by atoms with E-state index in [1.54, 1.807) is 6.33 Å². The normalized spacial score (nSPS) is 22.1. The molecule has 7 nitrogen and oxygen atoms in total. The van der Waals surface area contributed by atoms with E-state index >= 15 is 0 Å². The minimum atomic E-state index is -4.37. The fraction of sp³-hybridized carbons (Fsp3) is 0.522. The number of halogens is 3. The van der Waals surface area contributed by atoms with E-state index in [1.165, 1.54) is 25.0 Å². The van der Waals surface area contributed by atoms with Crippen molar-refractivity contribution in [2.75, 3.05) is 10.6 Å². The molecule has 0 spiro atoms. The average Bonchev–Trinajstić information content (AvgIpc) is 3.45. The quantitative estimate of drug-likeness (QED) is 0.474. The molecule has 0 saturated heterocycles. The summed E-state index contributed by atoms with van der Waals surface area (Å²) in [6.07, 6.45) is 5.77. The van der Waals surface area contributed by atoms with Crippen LogP contribution < -0.4 is 16.4 Å². The van der Waals surface area contributed by atoms with Gasteiger partial charge in [-0.05, 0) is 62.8 Å². The summed E-state index contributed by atoms with van der Waals surface area (Å²) < 4.78 is 40.9. The highest BCUT2D eigenvalue weighted by molar-refractivity contribution is 5.86. The first-order valence-electron chi connectivity index (χ1n) is 11.6. The summed E-state index contributed by atoms with van der Waals surface area (Å²) in [6, 6.07) is 5.76. The molecule has 2 saturated carbocycles. The van der Waals surface area contributed by atoms with Gasteiger partial charge in [-0.1, -0.05) is 12.8 Å². The molecule has 0 aliphatic heterocycles. The van der Waals surface area contributed by atoms with Gasteiger partial charge in [-0.15, -0.1) is 0 Å². The second-order valence-corrected chi connectivity index (χ2v) is 9.11. The van der Waals surface area contributed by atoms with Gasteiger partial charge in [-0.3, -0.25) is 0 Å². The molecule has 0 radical (unpaired) electrons. The van der Waals surface area contributed by atoms with Crippen LogP contribution in [-0.2, 0) is 6.18 Å². The van der Waals surface area contributed by atoms with Crippen molar-refractivity contribution < 1.29 is 13.2 Å². The molecule has 3 aromatic rings. The smallest absolute Gasteiger partial charge is 0.351 e. The van der Waals surface area contributed by atoms with E-state index in [2.05, 4.69) is 25.2 Å². The molecule has 1 aromatic carbocycles. The molecule has 176 valence electrons. The molecule has 4 N–H and O–H groups in total. The van der Waals surface area contributed by atoms with Crippen molar-refractivity contribution in [2.24, 2.45) is 5.73 Å². The van der Waals surface area contributed by atoms with Gasteiger partial charge in [0.2, 0.25) is 5.95 Å². The number of alkyl halides is 3. The summed E-state index contributed by atoms with van der Waals surface area (Å²) in [5.74, 6) is 0.976. The lowest BCUT2D eigenvalue weighted by molar-refractivity contribution is -0.137. The Morgan fingerprint density at radius 1 is 0.939 bits per heavy atom. The third-order valence-electron chi connectivity index (χ3n) is 6.72. The van der Waals surface area contributed by atoms with Crippen LogP contribution in [0.1, 0.15) is 63.0 Å². The molecule has 2 aromatic heterocycles. The highest BCUT2D eigenvalue weighted by Gasteiger charge is 2.30. The van der Waals surface area contributed by atoms with E-state index in [4.69, 9.17) is 10.7 Å². The zero-order chi connectivity index (χ0) is 23.0. The lowest BCUT2D eigenvalue weighted by atomic mass is 9.92. The maximum atomic E-state index is 12.9. The number of nitrogens with two attached hydrogens (primary N) is 1. The van der Waals surface area contributed by atoms with E-state index in [0.717, 1.165) is 56.3 Å². The van der Waals surface area contributed by atoms with E-state index < -0.39 is 11.7 Å². The van der Waals surface area contributed by atoms with Crippen LogP contribution in [0.3, 0.4) is 0 Å². The number of benzene rings is 1. The van der Waals surface area contributed by atoms with Crippen LogP contribution in [0.5, 0.6) is 0 Å². The van der Waals surface area contributed by atoms with Crippen LogP contribution in [0.2, 0.25) is 0 Å². The van der Waals surface area contributed by atoms with Gasteiger partial charge in [-0.2, -0.15) is 23.1 Å². The molecule has 0 bridgehead atoms. The Balaban J connectivity index is 1.47. The number of nitrogens with zero attached hydrogens (tertiary/aromatic N) is 4. The van der Waals surface area contributed by atoms with Crippen molar-refractivity contribution in [1.82, 2.24) is 19.5 Å². The van der Waals surface area contributed by atoms with Crippen molar-refractivity contribution >= 4 is 28.6 Å². The van der Waals surface area contributed by atoms with Crippen LogP contribution in [0.25, 0.3) is 11.2 Å². The highest BCUT2D eigenvalue weighted by atomic mass is 19.4. The second kappa shape index (κ2) is 8.81. The maximum Gasteiger partial charge on any atom is 0.416 e. The Morgan fingerprint density at radius 3 is 2.30 bits per heavy atom. The first kappa shape index (κ1) is 21.9. The summed E-state index contributed by atoms with van der Waals surface area (Å²) in [6.45, 7) is 0. The summed E-state index contributed by atoms with van der Waals surface area (Å²) in [5.41, 5.74) is 7.20. The van der Waals surface area contributed by atoms with Crippen molar-refractivity contribution in [3.63, 3.8) is 0 Å². The van der Waals surface area contributed by atoms with E-state index in [9.17, 15) is 13.2 Å². The number of rotatable bonds is 5. The predicted molar refractivity (Wildman–Crippen MR) is 121 cm³/mol. The molecule has 0 unspecified atom stereocenters. The molecule has 10 heteroatoms. The second-order valence-electron chi connectivity index (χ2n) is 9.11. The van der Waals surface area contributed by atoms with Gasteiger partial charge >= 0.3 is 6.18 Å². The summed E-state index contributed by atoms with van der Waals surface area (Å²) in [4.78, 5) is 14.0. The fourth-order valence-electron chi connectivity index (χ4n) is 4.84. The van der Waals surface area contributed by atoms with Gasteiger partial charge in [0.15, 0.2) is 17.0 Å². The molecule has 5 rings (SSSR count). The standard InChI is InChI=1S/C23H28F3N7/c24-23(25,26)14-5-9-16(10-6-14)29-20-19-21(33(13-28-19)18-3-1-2-4-18)32-22(31-20)30-17-11-7-15(27)8-12-17/h5-6,9-10,13,15,17-18H,1-4,7-8,11-12,27H2,(H2,29,30,31,32). The minimum absolute atomic E-state index is 0.240. The Hall–Kier alpha value is -2.88. The van der Waals surface area contributed by atoms with E-state index in [-0.39, 0.29) is 12.1 Å². The number of aromatic nitrogens is 4. The number of anilines is 3. The molecule has 0 atom stereocenters. The topological polar surface area (TPSA) is 93.7 Å². The first-order valence-corrected chi connectivity index (χ1v) is 11.6. The highest BCUT2D eigenvalue weighted by Crippen LogP contribution is 2.35. The van der Waals surface area contributed by atoms with Gasteiger partial charge < -0.3 is 20.9 Å². The fourth-order valence-corrected chi connectivity index (χ4v) is 4.84. The number of hydrogen-bond acceptors (Lipinski definition) is 6. The predicted octanol–water partition coefficient (Wildman–Crippen LogP) is 5.39. The third kappa shape index (κ3) is 4.75. The number of imidazole rings is 1. The molecule has 2 aliphatic carbocycles. The van der Waals surface area contributed by atoms with E-state index in [0.29, 0.717) is 29.0 Å². The first-order chi connectivity index (χ1) is 15.9. The van der Waals surface area contributed by atoms with Crippen molar-refractivity contribution in [1.29, 1.82) is 0 Å².